The highest BCUT2D eigenvalue weighted by molar-refractivity contribution is 6.10. The molecule has 0 saturated heterocycles. The smallest absolute Gasteiger partial charge is 0.0988 e. The summed E-state index contributed by atoms with van der Waals surface area (Å²) in [5.41, 5.74) is 13.0. The van der Waals surface area contributed by atoms with Gasteiger partial charge in [-0.2, -0.15) is 5.26 Å². The van der Waals surface area contributed by atoms with Crippen LogP contribution in [0.5, 0.6) is 0 Å². The van der Waals surface area contributed by atoms with Crippen LogP contribution in [0.4, 0.5) is 0 Å². The van der Waals surface area contributed by atoms with E-state index in [2.05, 4.69) is 102 Å². The summed E-state index contributed by atoms with van der Waals surface area (Å²) in [5, 5.41) is 11.7. The van der Waals surface area contributed by atoms with Crippen molar-refractivity contribution in [2.24, 2.45) is 5.73 Å². The third-order valence-corrected chi connectivity index (χ3v) is 5.91. The summed E-state index contributed by atoms with van der Waals surface area (Å²) in [7, 11) is 0. The molecule has 0 fully saturated rings. The van der Waals surface area contributed by atoms with Crippen molar-refractivity contribution in [3.63, 3.8) is 0 Å². The van der Waals surface area contributed by atoms with Crippen LogP contribution in [0.3, 0.4) is 0 Å². The molecule has 5 aromatic rings. The monoisotopic (exact) mass is 425 g/mol. The minimum absolute atomic E-state index is 0.568. The van der Waals surface area contributed by atoms with E-state index in [0.29, 0.717) is 12.0 Å². The van der Waals surface area contributed by atoms with Gasteiger partial charge in [-0.25, -0.2) is 0 Å². The van der Waals surface area contributed by atoms with E-state index in [1.54, 1.807) is 6.08 Å². The van der Waals surface area contributed by atoms with E-state index < -0.39 is 0 Å². The zero-order valence-corrected chi connectivity index (χ0v) is 18.1. The van der Waals surface area contributed by atoms with Crippen molar-refractivity contribution >= 4 is 21.8 Å². The fourth-order valence-electron chi connectivity index (χ4n) is 4.37. The summed E-state index contributed by atoms with van der Waals surface area (Å²) in [5.74, 6) is 0. The van der Waals surface area contributed by atoms with Gasteiger partial charge in [0.15, 0.2) is 0 Å². The molecule has 33 heavy (non-hydrogen) atoms. The fourth-order valence-corrected chi connectivity index (χ4v) is 4.37. The van der Waals surface area contributed by atoms with E-state index in [1.165, 1.54) is 33.6 Å². The zero-order valence-electron chi connectivity index (χ0n) is 18.1. The molecule has 158 valence electrons. The third-order valence-electron chi connectivity index (χ3n) is 5.91. The molecule has 5 rings (SSSR count). The van der Waals surface area contributed by atoms with Gasteiger partial charge in [-0.15, -0.1) is 0 Å². The Labute approximate surface area is 193 Å². The molecule has 0 bridgehead atoms. The van der Waals surface area contributed by atoms with Gasteiger partial charge in [-0.3, -0.25) is 0 Å². The highest BCUT2D eigenvalue weighted by Crippen LogP contribution is 2.34. The van der Waals surface area contributed by atoms with E-state index in [-0.39, 0.29) is 0 Å². The minimum Gasteiger partial charge on any atom is -0.405 e. The molecule has 3 heteroatoms. The van der Waals surface area contributed by atoms with Crippen LogP contribution in [-0.4, -0.2) is 4.57 Å². The second-order valence-corrected chi connectivity index (χ2v) is 7.95. The maximum absolute atomic E-state index is 9.21. The Morgan fingerprint density at radius 2 is 1.55 bits per heavy atom. The summed E-state index contributed by atoms with van der Waals surface area (Å²) in [4.78, 5) is 0. The molecule has 0 saturated carbocycles. The van der Waals surface area contributed by atoms with Gasteiger partial charge in [0.2, 0.25) is 0 Å². The van der Waals surface area contributed by atoms with Gasteiger partial charge < -0.3 is 10.3 Å². The van der Waals surface area contributed by atoms with Crippen LogP contribution in [0, 0.1) is 11.3 Å². The van der Waals surface area contributed by atoms with E-state index in [1.807, 2.05) is 12.1 Å². The maximum atomic E-state index is 9.21. The molecule has 0 radical (unpaired) electrons. The molecule has 0 aliphatic carbocycles. The van der Waals surface area contributed by atoms with Gasteiger partial charge in [-0.1, -0.05) is 72.8 Å². The van der Waals surface area contributed by atoms with E-state index in [9.17, 15) is 5.26 Å². The Hall–Kier alpha value is -4.55. The second kappa shape index (κ2) is 8.90. The first-order chi connectivity index (χ1) is 16.3. The number of benzene rings is 4. The quantitative estimate of drug-likeness (QED) is 0.245. The van der Waals surface area contributed by atoms with Crippen molar-refractivity contribution < 1.29 is 0 Å². The summed E-state index contributed by atoms with van der Waals surface area (Å²) in [6.07, 6.45) is 5.60. The number of allylic oxidation sites excluding steroid dienone is 3. The molecule has 1 heterocycles. The highest BCUT2D eigenvalue weighted by atomic mass is 15.0. The number of para-hydroxylation sites is 2. The number of aromatic nitrogens is 1. The molecule has 0 aliphatic rings. The lowest BCUT2D eigenvalue weighted by molar-refractivity contribution is 1.18. The van der Waals surface area contributed by atoms with Crippen molar-refractivity contribution in [2.45, 2.75) is 6.42 Å². The van der Waals surface area contributed by atoms with Crippen LogP contribution >= 0.6 is 0 Å². The standard InChI is InChI=1S/C30H23N3/c31-18-17-23(21-32)14-13-22-7-6-8-24(19-22)25-15-16-30-28(20-25)27-11-4-5-12-29(27)33(30)26-9-2-1-3-10-26/h1-12,14-20H,13,31H2/b18-17-,23-14+. The number of hydrogen-bond acceptors (Lipinski definition) is 2. The molecule has 4 aromatic carbocycles. The normalized spacial score (nSPS) is 11.9. The number of nitrogens with two attached hydrogens (primary N) is 1. The molecule has 0 aliphatic heterocycles. The van der Waals surface area contributed by atoms with Crippen molar-refractivity contribution in [3.8, 4) is 22.9 Å². The van der Waals surface area contributed by atoms with E-state index >= 15 is 0 Å². The van der Waals surface area contributed by atoms with Crippen LogP contribution in [0.15, 0.2) is 121 Å². The molecular formula is C30H23N3. The summed E-state index contributed by atoms with van der Waals surface area (Å²) in [6, 6.07) is 36.4. The summed E-state index contributed by atoms with van der Waals surface area (Å²) >= 11 is 0. The van der Waals surface area contributed by atoms with Crippen LogP contribution in [0.25, 0.3) is 38.6 Å². The molecule has 0 unspecified atom stereocenters. The van der Waals surface area contributed by atoms with Gasteiger partial charge in [0.1, 0.15) is 0 Å². The topological polar surface area (TPSA) is 54.7 Å². The minimum atomic E-state index is 0.568. The van der Waals surface area contributed by atoms with Crippen LogP contribution in [0.2, 0.25) is 0 Å². The number of hydrogen-bond donors (Lipinski definition) is 1. The van der Waals surface area contributed by atoms with E-state index in [4.69, 9.17) is 5.73 Å². The predicted molar refractivity (Wildman–Crippen MR) is 137 cm³/mol. The van der Waals surface area contributed by atoms with Gasteiger partial charge in [0, 0.05) is 22.0 Å². The second-order valence-electron chi connectivity index (χ2n) is 7.95. The number of rotatable bonds is 5. The predicted octanol–water partition coefficient (Wildman–Crippen LogP) is 6.92. The van der Waals surface area contributed by atoms with Gasteiger partial charge >= 0.3 is 0 Å². The van der Waals surface area contributed by atoms with Gasteiger partial charge in [0.05, 0.1) is 17.1 Å². The maximum Gasteiger partial charge on any atom is 0.0988 e. The lowest BCUT2D eigenvalue weighted by Crippen LogP contribution is -1.92. The molecular weight excluding hydrogens is 402 g/mol. The summed E-state index contributed by atoms with van der Waals surface area (Å²) < 4.78 is 2.32. The Balaban J connectivity index is 1.60. The SMILES string of the molecule is N#CC(/C=C\N)=C/Cc1cccc(-c2ccc3c(c2)c2ccccc2n3-c2ccccc2)c1. The van der Waals surface area contributed by atoms with Crippen LogP contribution in [-0.2, 0) is 6.42 Å². The Morgan fingerprint density at radius 1 is 0.788 bits per heavy atom. The molecule has 2 N–H and O–H groups in total. The lowest BCUT2D eigenvalue weighted by Gasteiger charge is -2.08. The molecule has 0 amide bonds. The van der Waals surface area contributed by atoms with Crippen molar-refractivity contribution in [1.29, 1.82) is 5.26 Å². The lowest BCUT2D eigenvalue weighted by atomic mass is 9.99. The number of nitrogens with zero attached hydrogens (tertiary/aromatic N) is 2. The first kappa shape index (κ1) is 20.4. The van der Waals surface area contributed by atoms with Gasteiger partial charge in [-0.05, 0) is 65.7 Å². The third kappa shape index (κ3) is 3.91. The fraction of sp³-hybridized carbons (Fsp3) is 0.0333. The largest absolute Gasteiger partial charge is 0.405 e. The van der Waals surface area contributed by atoms with Crippen LogP contribution < -0.4 is 5.73 Å². The van der Waals surface area contributed by atoms with Crippen molar-refractivity contribution in [3.05, 3.63) is 127 Å². The van der Waals surface area contributed by atoms with E-state index in [0.717, 1.165) is 16.8 Å². The Morgan fingerprint density at radius 3 is 2.36 bits per heavy atom. The van der Waals surface area contributed by atoms with Crippen molar-refractivity contribution in [2.75, 3.05) is 0 Å². The zero-order chi connectivity index (χ0) is 22.6. The van der Waals surface area contributed by atoms with Crippen molar-refractivity contribution in [1.82, 2.24) is 4.57 Å². The average molecular weight is 426 g/mol. The molecule has 1 aromatic heterocycles. The van der Waals surface area contributed by atoms with Crippen LogP contribution in [0.1, 0.15) is 5.56 Å². The molecule has 3 nitrogen and oxygen atoms in total. The highest BCUT2D eigenvalue weighted by Gasteiger charge is 2.12. The molecule has 0 atom stereocenters. The van der Waals surface area contributed by atoms with Gasteiger partial charge in [0.25, 0.3) is 0 Å². The first-order valence-corrected chi connectivity index (χ1v) is 10.9. The Kier molecular flexibility index (Phi) is 5.49. The summed E-state index contributed by atoms with van der Waals surface area (Å²) in [6.45, 7) is 0. The molecule has 0 spiro atoms. The number of fused-ring (bicyclic) bond motifs is 3. The Bertz CT molecular complexity index is 1550. The first-order valence-electron chi connectivity index (χ1n) is 10.9. The average Bonchev–Trinajstić information content (AvgIpc) is 3.21. The number of nitriles is 1.